The van der Waals surface area contributed by atoms with E-state index >= 15 is 0 Å². The van der Waals surface area contributed by atoms with E-state index in [1.807, 2.05) is 0 Å². The van der Waals surface area contributed by atoms with E-state index in [0.29, 0.717) is 12.1 Å². The van der Waals surface area contributed by atoms with E-state index in [2.05, 4.69) is 28.2 Å². The number of nitriles is 1. The molecule has 64 valence electrons. The molecule has 1 aromatic heterocycles. The molecular weight excluding hydrogens is 162 g/mol. The first-order chi connectivity index (χ1) is 6.38. The molecule has 3 heteroatoms. The Hall–Kier alpha value is -2.00. The molecule has 13 heavy (non-hydrogen) atoms. The Kier molecular flexibility index (Phi) is 3.35. The van der Waals surface area contributed by atoms with Crippen LogP contribution in [0.25, 0.3) is 0 Å². The number of anilines is 1. The maximum atomic E-state index is 8.72. The molecule has 0 amide bonds. The van der Waals surface area contributed by atoms with Gasteiger partial charge in [0.2, 0.25) is 0 Å². The number of hydrogen-bond donors (Lipinski definition) is 1. The number of pyridine rings is 1. The highest BCUT2D eigenvalue weighted by Crippen LogP contribution is 2.10. The van der Waals surface area contributed by atoms with Crippen molar-refractivity contribution >= 4 is 5.69 Å². The number of rotatable bonds is 2. The molecule has 1 rings (SSSR count). The third kappa shape index (κ3) is 2.50. The number of nitrogens with one attached hydrogen (secondary N) is 1. The van der Waals surface area contributed by atoms with Crippen LogP contribution >= 0.6 is 0 Å². The second kappa shape index (κ2) is 4.79. The van der Waals surface area contributed by atoms with Gasteiger partial charge in [-0.1, -0.05) is 5.92 Å². The Morgan fingerprint density at radius 3 is 3.15 bits per heavy atom. The van der Waals surface area contributed by atoms with Crippen molar-refractivity contribution in [1.82, 2.24) is 4.98 Å². The summed E-state index contributed by atoms with van der Waals surface area (Å²) in [5, 5.41) is 11.7. The van der Waals surface area contributed by atoms with E-state index in [4.69, 9.17) is 5.26 Å². The van der Waals surface area contributed by atoms with Crippen LogP contribution < -0.4 is 5.32 Å². The van der Waals surface area contributed by atoms with E-state index in [1.165, 1.54) is 0 Å². The molecule has 1 heterocycles. The van der Waals surface area contributed by atoms with Crippen molar-refractivity contribution in [3.63, 3.8) is 0 Å². The monoisotopic (exact) mass is 171 g/mol. The summed E-state index contributed by atoms with van der Waals surface area (Å²) in [6.45, 7) is 2.31. The molecular formula is C10H9N3. The van der Waals surface area contributed by atoms with Crippen LogP contribution in [0.4, 0.5) is 5.69 Å². The van der Waals surface area contributed by atoms with Crippen molar-refractivity contribution in [3.05, 3.63) is 24.0 Å². The fourth-order valence-electron chi connectivity index (χ4n) is 0.861. The van der Waals surface area contributed by atoms with Crippen molar-refractivity contribution in [3.8, 4) is 17.9 Å². The molecule has 0 fully saturated rings. The second-order valence-electron chi connectivity index (χ2n) is 2.31. The molecule has 0 saturated carbocycles. The van der Waals surface area contributed by atoms with Crippen LogP contribution in [0.5, 0.6) is 0 Å². The van der Waals surface area contributed by atoms with Crippen molar-refractivity contribution in [2.75, 3.05) is 11.9 Å². The lowest BCUT2D eigenvalue weighted by molar-refractivity contribution is 1.27. The van der Waals surface area contributed by atoms with Gasteiger partial charge >= 0.3 is 0 Å². The molecule has 0 spiro atoms. The third-order valence-electron chi connectivity index (χ3n) is 1.49. The summed E-state index contributed by atoms with van der Waals surface area (Å²) < 4.78 is 0. The summed E-state index contributed by atoms with van der Waals surface area (Å²) in [5.74, 6) is 5.61. The van der Waals surface area contributed by atoms with Gasteiger partial charge in [0.25, 0.3) is 0 Å². The normalized spacial score (nSPS) is 8.00. The first-order valence-electron chi connectivity index (χ1n) is 3.86. The molecule has 0 aliphatic carbocycles. The zero-order chi connectivity index (χ0) is 9.52. The summed E-state index contributed by atoms with van der Waals surface area (Å²) >= 11 is 0. The first-order valence-corrected chi connectivity index (χ1v) is 3.86. The minimum atomic E-state index is 0.539. The Bertz CT molecular complexity index is 379. The highest BCUT2D eigenvalue weighted by molar-refractivity contribution is 5.55. The first kappa shape index (κ1) is 9.09. The van der Waals surface area contributed by atoms with Gasteiger partial charge in [-0.2, -0.15) is 5.26 Å². The minimum Gasteiger partial charge on any atom is -0.372 e. The summed E-state index contributed by atoms with van der Waals surface area (Å²) in [5.41, 5.74) is 1.32. The molecule has 0 radical (unpaired) electrons. The average Bonchev–Trinajstić information content (AvgIpc) is 2.19. The second-order valence-corrected chi connectivity index (χ2v) is 2.31. The molecule has 0 atom stereocenters. The van der Waals surface area contributed by atoms with Gasteiger partial charge < -0.3 is 5.32 Å². The SMILES string of the molecule is CC#CCNc1cnccc1C#N. The fraction of sp³-hybridized carbons (Fsp3) is 0.200. The van der Waals surface area contributed by atoms with Gasteiger partial charge in [-0.3, -0.25) is 4.98 Å². The van der Waals surface area contributed by atoms with Crippen molar-refractivity contribution in [2.45, 2.75) is 6.92 Å². The lowest BCUT2D eigenvalue weighted by Gasteiger charge is -2.02. The maximum absolute atomic E-state index is 8.72. The van der Waals surface area contributed by atoms with Crippen LogP contribution in [0.3, 0.4) is 0 Å². The molecule has 0 unspecified atom stereocenters. The van der Waals surface area contributed by atoms with Gasteiger partial charge in [0.15, 0.2) is 0 Å². The van der Waals surface area contributed by atoms with Gasteiger partial charge in [-0.15, -0.1) is 5.92 Å². The Morgan fingerprint density at radius 1 is 1.62 bits per heavy atom. The Morgan fingerprint density at radius 2 is 2.46 bits per heavy atom. The number of hydrogen-bond acceptors (Lipinski definition) is 3. The predicted molar refractivity (Wildman–Crippen MR) is 50.9 cm³/mol. The highest BCUT2D eigenvalue weighted by Gasteiger charge is 1.97. The maximum Gasteiger partial charge on any atom is 0.101 e. The average molecular weight is 171 g/mol. The molecule has 1 N–H and O–H groups in total. The zero-order valence-electron chi connectivity index (χ0n) is 7.33. The number of aromatic nitrogens is 1. The molecule has 3 nitrogen and oxygen atoms in total. The van der Waals surface area contributed by atoms with Gasteiger partial charge in [0.1, 0.15) is 6.07 Å². The van der Waals surface area contributed by atoms with E-state index in [1.54, 1.807) is 25.4 Å². The van der Waals surface area contributed by atoms with Gasteiger partial charge in [0, 0.05) is 6.20 Å². The molecule has 0 bridgehead atoms. The number of nitrogens with zero attached hydrogens (tertiary/aromatic N) is 2. The van der Waals surface area contributed by atoms with Crippen molar-refractivity contribution in [1.29, 1.82) is 5.26 Å². The molecule has 0 aliphatic rings. The van der Waals surface area contributed by atoms with E-state index in [9.17, 15) is 0 Å². The Labute approximate surface area is 77.4 Å². The van der Waals surface area contributed by atoms with E-state index < -0.39 is 0 Å². The zero-order valence-corrected chi connectivity index (χ0v) is 7.33. The topological polar surface area (TPSA) is 48.7 Å². The molecule has 0 aliphatic heterocycles. The van der Waals surface area contributed by atoms with Crippen LogP contribution in [-0.2, 0) is 0 Å². The van der Waals surface area contributed by atoms with E-state index in [-0.39, 0.29) is 0 Å². The lowest BCUT2D eigenvalue weighted by atomic mass is 10.2. The largest absolute Gasteiger partial charge is 0.372 e. The minimum absolute atomic E-state index is 0.539. The van der Waals surface area contributed by atoms with Gasteiger partial charge in [-0.05, 0) is 13.0 Å². The standard InChI is InChI=1S/C10H9N3/c1-2-3-5-13-10-8-12-6-4-9(10)7-11/h4,6,8,13H,5H2,1H3. The van der Waals surface area contributed by atoms with Crippen LogP contribution in [-0.4, -0.2) is 11.5 Å². The van der Waals surface area contributed by atoms with Crippen LogP contribution in [0.15, 0.2) is 18.5 Å². The summed E-state index contributed by atoms with van der Waals surface area (Å²) in [6.07, 6.45) is 3.21. The van der Waals surface area contributed by atoms with Crippen LogP contribution in [0, 0.1) is 23.2 Å². The third-order valence-corrected chi connectivity index (χ3v) is 1.49. The summed E-state index contributed by atoms with van der Waals surface area (Å²) in [4.78, 5) is 3.91. The highest BCUT2D eigenvalue weighted by atomic mass is 14.9. The summed E-state index contributed by atoms with van der Waals surface area (Å²) in [6, 6.07) is 3.74. The quantitative estimate of drug-likeness (QED) is 0.684. The Balaban J connectivity index is 2.75. The predicted octanol–water partition coefficient (Wildman–Crippen LogP) is 1.39. The molecule has 1 aromatic rings. The van der Waals surface area contributed by atoms with Crippen LogP contribution in [0.2, 0.25) is 0 Å². The van der Waals surface area contributed by atoms with Crippen molar-refractivity contribution < 1.29 is 0 Å². The molecule has 0 saturated heterocycles. The fourth-order valence-corrected chi connectivity index (χ4v) is 0.861. The van der Waals surface area contributed by atoms with Crippen molar-refractivity contribution in [2.24, 2.45) is 0 Å². The smallest absolute Gasteiger partial charge is 0.101 e. The van der Waals surface area contributed by atoms with Crippen LogP contribution in [0.1, 0.15) is 12.5 Å². The molecule has 0 aromatic carbocycles. The van der Waals surface area contributed by atoms with E-state index in [0.717, 1.165) is 5.69 Å². The van der Waals surface area contributed by atoms with Gasteiger partial charge in [-0.25, -0.2) is 0 Å². The lowest BCUT2D eigenvalue weighted by Crippen LogP contribution is -2.00. The summed E-state index contributed by atoms with van der Waals surface area (Å²) in [7, 11) is 0. The van der Waals surface area contributed by atoms with Gasteiger partial charge in [0.05, 0.1) is 24.0 Å².